The number of hydrogen-bond donors (Lipinski definition) is 2. The molecule has 0 fully saturated rings. The van der Waals surface area contributed by atoms with Crippen LogP contribution in [0.15, 0.2) is 60.9 Å². The van der Waals surface area contributed by atoms with E-state index in [1.54, 1.807) is 41.2 Å². The number of nitrogens with one attached hydrogen (secondary N) is 1. The van der Waals surface area contributed by atoms with Gasteiger partial charge in [-0.15, -0.1) is 0 Å². The third-order valence-electron chi connectivity index (χ3n) is 4.56. The highest BCUT2D eigenvalue weighted by atomic mass is 19.4. The summed E-state index contributed by atoms with van der Waals surface area (Å²) in [5.41, 5.74) is 3.64. The van der Waals surface area contributed by atoms with Gasteiger partial charge in [-0.1, -0.05) is 13.8 Å². The first-order valence-electron chi connectivity index (χ1n) is 10.1. The second-order valence-corrected chi connectivity index (χ2v) is 7.49. The van der Waals surface area contributed by atoms with Crippen LogP contribution < -0.4 is 5.32 Å². The lowest BCUT2D eigenvalue weighted by Crippen LogP contribution is -2.21. The molecule has 0 radical (unpaired) electrons. The molecule has 1 aromatic carbocycles. The van der Waals surface area contributed by atoms with Crippen LogP contribution in [-0.2, 0) is 9.59 Å². The van der Waals surface area contributed by atoms with Crippen LogP contribution in [-0.4, -0.2) is 42.7 Å². The number of hydrogen-bond acceptors (Lipinski definition) is 5. The number of pyridine rings is 1. The van der Waals surface area contributed by atoms with Crippen molar-refractivity contribution in [2.24, 2.45) is 5.92 Å². The first-order chi connectivity index (χ1) is 16.5. The molecule has 182 valence electrons. The van der Waals surface area contributed by atoms with Gasteiger partial charge in [0.15, 0.2) is 5.65 Å². The van der Waals surface area contributed by atoms with E-state index in [4.69, 9.17) is 9.90 Å². The predicted octanol–water partition coefficient (Wildman–Crippen LogP) is 4.83. The van der Waals surface area contributed by atoms with Crippen molar-refractivity contribution in [2.45, 2.75) is 20.0 Å². The van der Waals surface area contributed by atoms with Crippen LogP contribution >= 0.6 is 0 Å². The average Bonchev–Trinajstić information content (AvgIpc) is 3.19. The SMILES string of the molecule is CC(C)C(=O)Nc1cc(-c2c(-c3ccc(F)cc3)nc3cccnn23)ccn1.O=C(O)C(F)(F)F. The fourth-order valence-corrected chi connectivity index (χ4v) is 2.87. The number of aliphatic carboxylic acids is 1. The molecule has 1 amide bonds. The van der Waals surface area contributed by atoms with Crippen molar-refractivity contribution in [3.8, 4) is 22.5 Å². The Bertz CT molecular complexity index is 1350. The van der Waals surface area contributed by atoms with Gasteiger partial charge in [-0.25, -0.2) is 23.7 Å². The molecule has 12 heteroatoms. The molecule has 0 aliphatic rings. The molecule has 0 saturated carbocycles. The molecule has 0 spiro atoms. The molecule has 2 N–H and O–H groups in total. The molecule has 0 unspecified atom stereocenters. The minimum absolute atomic E-state index is 0.111. The van der Waals surface area contributed by atoms with Crippen molar-refractivity contribution in [1.82, 2.24) is 19.6 Å². The molecule has 0 saturated heterocycles. The van der Waals surface area contributed by atoms with E-state index in [1.165, 1.54) is 12.1 Å². The molecule has 0 bridgehead atoms. The summed E-state index contributed by atoms with van der Waals surface area (Å²) in [7, 11) is 0. The molecular weight excluding hydrogens is 470 g/mol. The van der Waals surface area contributed by atoms with Crippen LogP contribution in [0.5, 0.6) is 0 Å². The van der Waals surface area contributed by atoms with E-state index in [0.717, 1.165) is 16.8 Å². The maximum atomic E-state index is 13.4. The van der Waals surface area contributed by atoms with Crippen molar-refractivity contribution in [3.63, 3.8) is 0 Å². The Labute approximate surface area is 196 Å². The maximum absolute atomic E-state index is 13.4. The van der Waals surface area contributed by atoms with Crippen LogP contribution in [0.1, 0.15) is 13.8 Å². The first kappa shape index (κ1) is 25.3. The van der Waals surface area contributed by atoms with Crippen LogP contribution in [0.25, 0.3) is 28.2 Å². The number of carbonyl (C=O) groups is 2. The fourth-order valence-electron chi connectivity index (χ4n) is 2.87. The van der Waals surface area contributed by atoms with Gasteiger partial charge in [-0.05, 0) is 48.5 Å². The molecule has 4 aromatic rings. The van der Waals surface area contributed by atoms with Crippen molar-refractivity contribution in [3.05, 3.63) is 66.7 Å². The number of imidazole rings is 1. The van der Waals surface area contributed by atoms with Gasteiger partial charge in [0.25, 0.3) is 0 Å². The zero-order valence-electron chi connectivity index (χ0n) is 18.4. The topological polar surface area (TPSA) is 109 Å². The van der Waals surface area contributed by atoms with Crippen LogP contribution in [0.4, 0.5) is 23.4 Å². The van der Waals surface area contributed by atoms with Gasteiger partial charge in [-0.2, -0.15) is 18.3 Å². The summed E-state index contributed by atoms with van der Waals surface area (Å²) < 4.78 is 46.8. The fraction of sp³-hybridized carbons (Fsp3) is 0.174. The van der Waals surface area contributed by atoms with E-state index in [-0.39, 0.29) is 17.6 Å². The molecule has 4 rings (SSSR count). The second kappa shape index (κ2) is 10.3. The van der Waals surface area contributed by atoms with Gasteiger partial charge in [0.1, 0.15) is 17.3 Å². The number of halogens is 4. The van der Waals surface area contributed by atoms with E-state index in [2.05, 4.69) is 20.4 Å². The van der Waals surface area contributed by atoms with Crippen molar-refractivity contribution >= 4 is 23.3 Å². The van der Waals surface area contributed by atoms with Crippen LogP contribution in [0, 0.1) is 11.7 Å². The number of fused-ring (bicyclic) bond motifs is 1. The summed E-state index contributed by atoms with van der Waals surface area (Å²) in [5, 5.41) is 14.3. The Morgan fingerprint density at radius 2 is 1.69 bits per heavy atom. The standard InChI is InChI=1S/C21H18FN5O.C2HF3O2/c1-13(2)21(28)25-17-12-15(9-11-23-17)20-19(14-5-7-16(22)8-6-14)26-18-4-3-10-24-27(18)20;3-2(4,5)1(6)7/h3-13H,1-2H3,(H,23,25,28);(H,6,7). The van der Waals surface area contributed by atoms with E-state index in [0.29, 0.717) is 17.2 Å². The quantitative estimate of drug-likeness (QED) is 0.398. The van der Waals surface area contributed by atoms with E-state index < -0.39 is 12.1 Å². The number of nitrogens with zero attached hydrogens (tertiary/aromatic N) is 4. The normalized spacial score (nSPS) is 11.2. The van der Waals surface area contributed by atoms with Gasteiger partial charge in [-0.3, -0.25) is 4.79 Å². The number of carboxylic acid groups (broad SMARTS) is 1. The van der Waals surface area contributed by atoms with Gasteiger partial charge in [0.05, 0.1) is 5.69 Å². The largest absolute Gasteiger partial charge is 0.490 e. The third-order valence-corrected chi connectivity index (χ3v) is 4.56. The van der Waals surface area contributed by atoms with E-state index in [1.807, 2.05) is 26.0 Å². The molecule has 0 aliphatic carbocycles. The smallest absolute Gasteiger partial charge is 0.475 e. The average molecular weight is 489 g/mol. The van der Waals surface area contributed by atoms with Crippen molar-refractivity contribution < 1.29 is 32.3 Å². The minimum atomic E-state index is -5.08. The molecule has 8 nitrogen and oxygen atoms in total. The van der Waals surface area contributed by atoms with Crippen LogP contribution in [0.3, 0.4) is 0 Å². The molecule has 0 atom stereocenters. The van der Waals surface area contributed by atoms with E-state index in [9.17, 15) is 22.4 Å². The van der Waals surface area contributed by atoms with E-state index >= 15 is 0 Å². The number of carbonyl (C=O) groups excluding carboxylic acids is 1. The van der Waals surface area contributed by atoms with Gasteiger partial charge < -0.3 is 10.4 Å². The number of aromatic nitrogens is 4. The predicted molar refractivity (Wildman–Crippen MR) is 119 cm³/mol. The summed E-state index contributed by atoms with van der Waals surface area (Å²) in [4.78, 5) is 29.8. The van der Waals surface area contributed by atoms with Crippen molar-refractivity contribution in [2.75, 3.05) is 5.32 Å². The highest BCUT2D eigenvalue weighted by Crippen LogP contribution is 2.33. The first-order valence-corrected chi connectivity index (χ1v) is 10.1. The molecule has 3 aromatic heterocycles. The Kier molecular flexibility index (Phi) is 7.43. The number of benzene rings is 1. The van der Waals surface area contributed by atoms with Gasteiger partial charge >= 0.3 is 12.1 Å². The Hall–Kier alpha value is -4.35. The maximum Gasteiger partial charge on any atom is 0.490 e. The lowest BCUT2D eigenvalue weighted by atomic mass is 10.1. The van der Waals surface area contributed by atoms with Gasteiger partial charge in [0, 0.05) is 29.4 Å². The summed E-state index contributed by atoms with van der Waals surface area (Å²) in [6.45, 7) is 3.64. The number of carboxylic acids is 1. The number of amides is 1. The second-order valence-electron chi connectivity index (χ2n) is 7.49. The summed E-state index contributed by atoms with van der Waals surface area (Å²) >= 11 is 0. The Morgan fingerprint density at radius 1 is 1.03 bits per heavy atom. The number of rotatable bonds is 4. The van der Waals surface area contributed by atoms with Crippen LogP contribution in [0.2, 0.25) is 0 Å². The highest BCUT2D eigenvalue weighted by Gasteiger charge is 2.38. The highest BCUT2D eigenvalue weighted by molar-refractivity contribution is 5.92. The zero-order valence-corrected chi connectivity index (χ0v) is 18.4. The monoisotopic (exact) mass is 489 g/mol. The summed E-state index contributed by atoms with van der Waals surface area (Å²) in [6, 6.07) is 13.4. The zero-order chi connectivity index (χ0) is 25.8. The van der Waals surface area contributed by atoms with Gasteiger partial charge in [0.2, 0.25) is 5.91 Å². The lowest BCUT2D eigenvalue weighted by Gasteiger charge is -2.09. The van der Waals surface area contributed by atoms with Crippen molar-refractivity contribution in [1.29, 1.82) is 0 Å². The molecule has 35 heavy (non-hydrogen) atoms. The number of anilines is 1. The lowest BCUT2D eigenvalue weighted by molar-refractivity contribution is -0.192. The molecule has 3 heterocycles. The molecular formula is C23H19F4N5O3. The summed E-state index contributed by atoms with van der Waals surface area (Å²) in [5.74, 6) is -2.88. The summed E-state index contributed by atoms with van der Waals surface area (Å²) in [6.07, 6.45) is -1.78. The molecule has 0 aliphatic heterocycles. The third kappa shape index (κ3) is 6.16. The Morgan fingerprint density at radius 3 is 2.29 bits per heavy atom. The number of alkyl halides is 3. The Balaban J connectivity index is 0.000000429. The minimum Gasteiger partial charge on any atom is -0.475 e.